The highest BCUT2D eigenvalue weighted by atomic mass is 32.1. The van der Waals surface area contributed by atoms with Crippen LogP contribution in [0.1, 0.15) is 34.7 Å². The van der Waals surface area contributed by atoms with Gasteiger partial charge in [0, 0.05) is 18.0 Å². The number of carbonyl (C=O) groups is 1. The van der Waals surface area contributed by atoms with Gasteiger partial charge in [0.1, 0.15) is 23.9 Å². The number of fused-ring (bicyclic) bond motifs is 2. The third kappa shape index (κ3) is 3.86. The molecule has 0 aliphatic carbocycles. The Morgan fingerprint density at radius 3 is 2.73 bits per heavy atom. The summed E-state index contributed by atoms with van der Waals surface area (Å²) in [4.78, 5) is 37.5. The molecule has 1 fully saturated rings. The summed E-state index contributed by atoms with van der Waals surface area (Å²) in [7, 11) is 1.56. The molecule has 0 bridgehead atoms. The Morgan fingerprint density at radius 1 is 1.21 bits per heavy atom. The van der Waals surface area contributed by atoms with Crippen molar-refractivity contribution in [3.05, 3.63) is 44.3 Å². The molecule has 8 nitrogen and oxygen atoms in total. The van der Waals surface area contributed by atoms with E-state index in [-0.39, 0.29) is 17.3 Å². The molecule has 2 aromatic heterocycles. The monoisotopic (exact) mass is 467 g/mol. The number of methoxy groups -OCH3 is 1. The first-order valence-electron chi connectivity index (χ1n) is 10.9. The number of hydrogen-bond acceptors (Lipinski definition) is 7. The van der Waals surface area contributed by atoms with Crippen LogP contribution < -0.4 is 19.8 Å². The first kappa shape index (κ1) is 21.5. The Bertz CT molecular complexity index is 1320. The van der Waals surface area contributed by atoms with Crippen molar-refractivity contribution < 1.29 is 19.0 Å². The van der Waals surface area contributed by atoms with E-state index in [0.717, 1.165) is 23.3 Å². The van der Waals surface area contributed by atoms with Crippen LogP contribution in [0.15, 0.2) is 16.9 Å². The molecule has 2 aliphatic heterocycles. The average molecular weight is 468 g/mol. The summed E-state index contributed by atoms with van der Waals surface area (Å²) >= 11 is 1.46. The van der Waals surface area contributed by atoms with Crippen LogP contribution in [-0.2, 0) is 4.79 Å². The van der Waals surface area contributed by atoms with Gasteiger partial charge in [-0.15, -0.1) is 11.3 Å². The van der Waals surface area contributed by atoms with Gasteiger partial charge in [-0.05, 0) is 56.0 Å². The van der Waals surface area contributed by atoms with Crippen LogP contribution in [0.25, 0.3) is 21.9 Å². The number of thiophene rings is 1. The molecule has 0 radical (unpaired) electrons. The summed E-state index contributed by atoms with van der Waals surface area (Å²) in [5, 5.41) is 0.579. The van der Waals surface area contributed by atoms with E-state index in [1.165, 1.54) is 11.3 Å². The molecule has 1 saturated heterocycles. The Morgan fingerprint density at radius 2 is 1.97 bits per heavy atom. The maximum atomic E-state index is 13.5. The molecule has 1 N–H and O–H groups in total. The number of rotatable bonds is 4. The van der Waals surface area contributed by atoms with E-state index in [1.54, 1.807) is 24.2 Å². The van der Waals surface area contributed by atoms with Crippen LogP contribution in [0.2, 0.25) is 0 Å². The minimum absolute atomic E-state index is 0.158. The molecule has 4 heterocycles. The lowest BCUT2D eigenvalue weighted by atomic mass is 10.1. The molecule has 1 amide bonds. The van der Waals surface area contributed by atoms with Crippen molar-refractivity contribution in [1.29, 1.82) is 0 Å². The van der Waals surface area contributed by atoms with Crippen LogP contribution in [-0.4, -0.2) is 54.2 Å². The van der Waals surface area contributed by atoms with Crippen molar-refractivity contribution in [2.24, 2.45) is 0 Å². The van der Waals surface area contributed by atoms with Gasteiger partial charge in [-0.3, -0.25) is 9.59 Å². The van der Waals surface area contributed by atoms with Gasteiger partial charge < -0.3 is 24.1 Å². The normalized spacial score (nSPS) is 15.8. The van der Waals surface area contributed by atoms with E-state index in [2.05, 4.69) is 4.98 Å². The van der Waals surface area contributed by atoms with Gasteiger partial charge in [0.25, 0.3) is 11.5 Å². The van der Waals surface area contributed by atoms with Gasteiger partial charge in [-0.1, -0.05) is 0 Å². The highest BCUT2D eigenvalue weighted by Crippen LogP contribution is 2.41. The van der Waals surface area contributed by atoms with Crippen molar-refractivity contribution in [2.45, 2.75) is 26.7 Å². The van der Waals surface area contributed by atoms with Gasteiger partial charge in [0.15, 0.2) is 11.5 Å². The molecule has 33 heavy (non-hydrogen) atoms. The molecular weight excluding hydrogens is 442 g/mol. The molecule has 0 spiro atoms. The smallest absolute Gasteiger partial charge is 0.260 e. The lowest BCUT2D eigenvalue weighted by Gasteiger charge is -2.21. The molecule has 9 heteroatoms. The number of benzene rings is 1. The van der Waals surface area contributed by atoms with E-state index in [9.17, 15) is 9.59 Å². The first-order chi connectivity index (χ1) is 16.0. The predicted molar refractivity (Wildman–Crippen MR) is 127 cm³/mol. The Labute approximate surface area is 194 Å². The summed E-state index contributed by atoms with van der Waals surface area (Å²) in [6, 6.07) is 3.60. The van der Waals surface area contributed by atoms with Gasteiger partial charge in [-0.2, -0.15) is 0 Å². The number of nitrogens with one attached hydrogen (secondary N) is 1. The quantitative estimate of drug-likeness (QED) is 0.590. The van der Waals surface area contributed by atoms with Crippen molar-refractivity contribution >= 4 is 39.1 Å². The standard InChI is InChI=1S/C24H25N3O5S/c1-13-14(2)33-23-19(13)22(28)25-21(26-23)16(24(29)27-6-4-5-7-27)10-15-11-17(30-3)20-18(12-15)31-8-9-32-20/h10-12H,4-9H2,1-3H3,(H,25,26,28). The van der Waals surface area contributed by atoms with E-state index in [4.69, 9.17) is 19.2 Å². The second-order valence-corrected chi connectivity index (χ2v) is 9.39. The summed E-state index contributed by atoms with van der Waals surface area (Å²) in [5.74, 6) is 1.73. The number of hydrogen-bond donors (Lipinski definition) is 1. The number of nitrogens with zero attached hydrogens (tertiary/aromatic N) is 2. The van der Waals surface area contributed by atoms with Gasteiger partial charge in [-0.25, -0.2) is 4.98 Å². The van der Waals surface area contributed by atoms with Gasteiger partial charge >= 0.3 is 0 Å². The second-order valence-electron chi connectivity index (χ2n) is 8.18. The zero-order valence-corrected chi connectivity index (χ0v) is 19.6. The number of ether oxygens (including phenoxy) is 3. The molecule has 1 aromatic carbocycles. The first-order valence-corrected chi connectivity index (χ1v) is 11.8. The highest BCUT2D eigenvalue weighted by molar-refractivity contribution is 7.18. The number of aromatic nitrogens is 2. The van der Waals surface area contributed by atoms with Crippen LogP contribution >= 0.6 is 11.3 Å². The lowest BCUT2D eigenvalue weighted by molar-refractivity contribution is -0.123. The SMILES string of the molecule is COc1cc(C=C(C(=O)N2CCCC2)c2nc3sc(C)c(C)c3c(=O)[nH]2)cc2c1OCCO2. The Hall–Kier alpha value is -3.33. The fourth-order valence-electron chi connectivity index (χ4n) is 4.25. The van der Waals surface area contributed by atoms with Crippen molar-refractivity contribution in [3.63, 3.8) is 0 Å². The van der Waals surface area contributed by atoms with Crippen molar-refractivity contribution in [1.82, 2.24) is 14.9 Å². The highest BCUT2D eigenvalue weighted by Gasteiger charge is 2.26. The maximum absolute atomic E-state index is 13.5. The van der Waals surface area contributed by atoms with Gasteiger partial charge in [0.2, 0.25) is 5.75 Å². The molecule has 2 aliphatic rings. The summed E-state index contributed by atoms with van der Waals surface area (Å²) < 4.78 is 16.9. The molecule has 0 unspecified atom stereocenters. The Balaban J connectivity index is 1.67. The van der Waals surface area contributed by atoms with Crippen LogP contribution in [0.5, 0.6) is 17.2 Å². The Kier molecular flexibility index (Phi) is 5.57. The summed E-state index contributed by atoms with van der Waals surface area (Å²) in [6.45, 7) is 6.13. The molecule has 0 atom stereocenters. The number of aromatic amines is 1. The number of amides is 1. The molecule has 172 valence electrons. The number of H-pyrrole nitrogens is 1. The van der Waals surface area contributed by atoms with Crippen LogP contribution in [0.4, 0.5) is 0 Å². The van der Waals surface area contributed by atoms with E-state index >= 15 is 0 Å². The fourth-order valence-corrected chi connectivity index (χ4v) is 5.28. The third-order valence-electron chi connectivity index (χ3n) is 6.08. The van der Waals surface area contributed by atoms with E-state index in [1.807, 2.05) is 19.9 Å². The molecular formula is C24H25N3O5S. The maximum Gasteiger partial charge on any atom is 0.260 e. The molecule has 3 aromatic rings. The summed E-state index contributed by atoms with van der Waals surface area (Å²) in [5.41, 5.74) is 1.71. The lowest BCUT2D eigenvalue weighted by Crippen LogP contribution is -2.29. The van der Waals surface area contributed by atoms with Crippen molar-refractivity contribution in [2.75, 3.05) is 33.4 Å². The topological polar surface area (TPSA) is 93.8 Å². The largest absolute Gasteiger partial charge is 0.493 e. The van der Waals surface area contributed by atoms with Gasteiger partial charge in [0.05, 0.1) is 18.1 Å². The fraction of sp³-hybridized carbons (Fsp3) is 0.375. The minimum Gasteiger partial charge on any atom is -0.493 e. The molecule has 5 rings (SSSR count). The average Bonchev–Trinajstić information content (AvgIpc) is 3.45. The van der Waals surface area contributed by atoms with E-state index in [0.29, 0.717) is 64.9 Å². The zero-order chi connectivity index (χ0) is 23.1. The van der Waals surface area contributed by atoms with Crippen LogP contribution in [0, 0.1) is 13.8 Å². The molecule has 0 saturated carbocycles. The van der Waals surface area contributed by atoms with E-state index < -0.39 is 0 Å². The number of aryl methyl sites for hydroxylation is 2. The number of carbonyl (C=O) groups excluding carboxylic acids is 1. The second kappa shape index (κ2) is 8.55. The minimum atomic E-state index is -0.239. The number of likely N-dealkylation sites (tertiary alicyclic amines) is 1. The zero-order valence-electron chi connectivity index (χ0n) is 18.8. The summed E-state index contributed by atoms with van der Waals surface area (Å²) in [6.07, 6.45) is 3.66. The van der Waals surface area contributed by atoms with Crippen molar-refractivity contribution in [3.8, 4) is 17.2 Å². The van der Waals surface area contributed by atoms with Crippen LogP contribution in [0.3, 0.4) is 0 Å². The third-order valence-corrected chi connectivity index (χ3v) is 7.18. The predicted octanol–water partition coefficient (Wildman–Crippen LogP) is 3.54.